The van der Waals surface area contributed by atoms with Crippen molar-refractivity contribution in [2.75, 3.05) is 7.11 Å². The highest BCUT2D eigenvalue weighted by atomic mass is 32.2. The number of methoxy groups -OCH3 is 1. The van der Waals surface area contributed by atoms with Crippen molar-refractivity contribution in [2.45, 2.75) is 18.4 Å². The third-order valence-corrected chi connectivity index (χ3v) is 5.20. The number of benzene rings is 1. The predicted octanol–water partition coefficient (Wildman–Crippen LogP) is 2.54. The molecule has 0 aliphatic heterocycles. The quantitative estimate of drug-likeness (QED) is 0.922. The molecule has 0 unspecified atom stereocenters. The Hall–Kier alpha value is -1.37. The Balaban J connectivity index is 2.11. The summed E-state index contributed by atoms with van der Waals surface area (Å²) in [6, 6.07) is 8.29. The van der Waals surface area contributed by atoms with Gasteiger partial charge in [0.15, 0.2) is 0 Å². The zero-order valence-corrected chi connectivity index (χ0v) is 12.3. The zero-order chi connectivity index (χ0) is 13.9. The van der Waals surface area contributed by atoms with Gasteiger partial charge in [-0.1, -0.05) is 0 Å². The Morgan fingerprint density at radius 3 is 2.42 bits per heavy atom. The van der Waals surface area contributed by atoms with E-state index in [4.69, 9.17) is 4.74 Å². The number of hydrogen-bond donors (Lipinski definition) is 1. The first-order chi connectivity index (χ1) is 9.03. The van der Waals surface area contributed by atoms with Crippen LogP contribution in [0.3, 0.4) is 0 Å². The summed E-state index contributed by atoms with van der Waals surface area (Å²) in [6.45, 7) is 2.28. The maximum atomic E-state index is 12.1. The molecule has 6 heteroatoms. The lowest BCUT2D eigenvalue weighted by Gasteiger charge is -2.07. The van der Waals surface area contributed by atoms with E-state index in [1.54, 1.807) is 30.6 Å². The largest absolute Gasteiger partial charge is 0.497 e. The molecule has 0 aliphatic carbocycles. The van der Waals surface area contributed by atoms with E-state index in [-0.39, 0.29) is 4.90 Å². The number of aryl methyl sites for hydroxylation is 1. The first-order valence-corrected chi connectivity index (χ1v) is 8.06. The third kappa shape index (κ3) is 3.34. The highest BCUT2D eigenvalue weighted by molar-refractivity contribution is 7.89. The molecular formula is C13H15NO3S2. The molecule has 19 heavy (non-hydrogen) atoms. The Morgan fingerprint density at radius 1 is 1.21 bits per heavy atom. The van der Waals surface area contributed by atoms with Gasteiger partial charge in [-0.05, 0) is 48.2 Å². The smallest absolute Gasteiger partial charge is 0.240 e. The Labute approximate surface area is 117 Å². The van der Waals surface area contributed by atoms with Gasteiger partial charge in [0.1, 0.15) is 5.75 Å². The summed E-state index contributed by atoms with van der Waals surface area (Å²) < 4.78 is 31.8. The molecule has 2 rings (SSSR count). The van der Waals surface area contributed by atoms with Crippen molar-refractivity contribution in [1.29, 1.82) is 0 Å². The van der Waals surface area contributed by atoms with E-state index in [9.17, 15) is 8.42 Å². The van der Waals surface area contributed by atoms with Gasteiger partial charge >= 0.3 is 0 Å². The van der Waals surface area contributed by atoms with Crippen molar-refractivity contribution in [3.8, 4) is 5.75 Å². The van der Waals surface area contributed by atoms with E-state index >= 15 is 0 Å². The molecule has 1 N–H and O–H groups in total. The standard InChI is InChI=1S/C13H15NO3S2/c1-10-7-8-18-13(10)9-14-19(15,16)12-5-3-11(17-2)4-6-12/h3-8,14H,9H2,1-2H3. The van der Waals surface area contributed by atoms with Crippen LogP contribution >= 0.6 is 11.3 Å². The molecule has 0 saturated heterocycles. The molecule has 1 aromatic heterocycles. The zero-order valence-electron chi connectivity index (χ0n) is 10.7. The monoisotopic (exact) mass is 297 g/mol. The van der Waals surface area contributed by atoms with E-state index in [1.807, 2.05) is 18.4 Å². The van der Waals surface area contributed by atoms with Gasteiger partial charge in [-0.15, -0.1) is 11.3 Å². The maximum absolute atomic E-state index is 12.1. The fourth-order valence-electron chi connectivity index (χ4n) is 1.58. The lowest BCUT2D eigenvalue weighted by Crippen LogP contribution is -2.23. The van der Waals surface area contributed by atoms with E-state index < -0.39 is 10.0 Å². The van der Waals surface area contributed by atoms with Crippen molar-refractivity contribution in [1.82, 2.24) is 4.72 Å². The second kappa shape index (κ2) is 5.73. The van der Waals surface area contributed by atoms with Gasteiger partial charge in [0.2, 0.25) is 10.0 Å². The second-order valence-corrected chi connectivity index (χ2v) is 6.79. The van der Waals surface area contributed by atoms with E-state index in [1.165, 1.54) is 12.1 Å². The minimum absolute atomic E-state index is 0.238. The highest BCUT2D eigenvalue weighted by Gasteiger charge is 2.14. The molecule has 0 saturated carbocycles. The molecule has 0 bridgehead atoms. The van der Waals surface area contributed by atoms with Crippen LogP contribution in [0.15, 0.2) is 40.6 Å². The van der Waals surface area contributed by atoms with Crippen LogP contribution in [-0.4, -0.2) is 15.5 Å². The first-order valence-electron chi connectivity index (χ1n) is 5.69. The maximum Gasteiger partial charge on any atom is 0.240 e. The highest BCUT2D eigenvalue weighted by Crippen LogP contribution is 2.18. The van der Waals surface area contributed by atoms with Crippen LogP contribution < -0.4 is 9.46 Å². The minimum Gasteiger partial charge on any atom is -0.497 e. The van der Waals surface area contributed by atoms with Crippen molar-refractivity contribution < 1.29 is 13.2 Å². The fourth-order valence-corrected chi connectivity index (χ4v) is 3.52. The summed E-state index contributed by atoms with van der Waals surface area (Å²) in [6.07, 6.45) is 0. The van der Waals surface area contributed by atoms with Crippen LogP contribution in [-0.2, 0) is 16.6 Å². The topological polar surface area (TPSA) is 55.4 Å². The molecule has 4 nitrogen and oxygen atoms in total. The second-order valence-electron chi connectivity index (χ2n) is 4.03. The van der Waals surface area contributed by atoms with Gasteiger partial charge < -0.3 is 4.74 Å². The number of rotatable bonds is 5. The summed E-state index contributed by atoms with van der Waals surface area (Å²) in [4.78, 5) is 1.26. The van der Waals surface area contributed by atoms with Crippen LogP contribution in [0.4, 0.5) is 0 Å². The van der Waals surface area contributed by atoms with Gasteiger partial charge in [0, 0.05) is 11.4 Å². The van der Waals surface area contributed by atoms with E-state index in [0.29, 0.717) is 12.3 Å². The van der Waals surface area contributed by atoms with Gasteiger partial charge in [-0.3, -0.25) is 0 Å². The summed E-state index contributed by atoms with van der Waals surface area (Å²) in [5.74, 6) is 0.632. The predicted molar refractivity (Wildman–Crippen MR) is 76.1 cm³/mol. The lowest BCUT2D eigenvalue weighted by atomic mass is 10.3. The summed E-state index contributed by atoms with van der Waals surface area (Å²) >= 11 is 1.54. The van der Waals surface area contributed by atoms with Crippen LogP contribution in [0, 0.1) is 6.92 Å². The van der Waals surface area contributed by atoms with E-state index in [2.05, 4.69) is 4.72 Å². The molecule has 0 aliphatic rings. The Morgan fingerprint density at radius 2 is 1.89 bits per heavy atom. The van der Waals surface area contributed by atoms with Crippen LogP contribution in [0.1, 0.15) is 10.4 Å². The molecule has 2 aromatic rings. The van der Waals surface area contributed by atoms with Crippen molar-refractivity contribution in [3.05, 3.63) is 46.2 Å². The van der Waals surface area contributed by atoms with Crippen molar-refractivity contribution in [3.63, 3.8) is 0 Å². The molecule has 1 aromatic carbocycles. The van der Waals surface area contributed by atoms with Gasteiger partial charge in [-0.25, -0.2) is 13.1 Å². The molecule has 0 spiro atoms. The lowest BCUT2D eigenvalue weighted by molar-refractivity contribution is 0.414. The normalized spacial score (nSPS) is 11.5. The number of ether oxygens (including phenoxy) is 1. The van der Waals surface area contributed by atoms with Gasteiger partial charge in [0.25, 0.3) is 0 Å². The van der Waals surface area contributed by atoms with Crippen molar-refractivity contribution >= 4 is 21.4 Å². The van der Waals surface area contributed by atoms with E-state index in [0.717, 1.165) is 10.4 Å². The van der Waals surface area contributed by atoms with Crippen LogP contribution in [0.25, 0.3) is 0 Å². The summed E-state index contributed by atoms with van der Waals surface area (Å²) in [5.41, 5.74) is 1.10. The molecule has 0 amide bonds. The minimum atomic E-state index is -3.48. The van der Waals surface area contributed by atoms with Gasteiger partial charge in [-0.2, -0.15) is 0 Å². The molecule has 102 valence electrons. The molecule has 1 heterocycles. The summed E-state index contributed by atoms with van der Waals surface area (Å²) in [5, 5.41) is 1.95. The number of nitrogens with one attached hydrogen (secondary N) is 1. The van der Waals surface area contributed by atoms with Crippen LogP contribution in [0.2, 0.25) is 0 Å². The average Bonchev–Trinajstić information content (AvgIpc) is 2.82. The van der Waals surface area contributed by atoms with Crippen LogP contribution in [0.5, 0.6) is 5.75 Å². The number of hydrogen-bond acceptors (Lipinski definition) is 4. The average molecular weight is 297 g/mol. The van der Waals surface area contributed by atoms with Crippen molar-refractivity contribution in [2.24, 2.45) is 0 Å². The third-order valence-electron chi connectivity index (χ3n) is 2.76. The molecule has 0 radical (unpaired) electrons. The Bertz CT molecular complexity index is 645. The van der Waals surface area contributed by atoms with Gasteiger partial charge in [0.05, 0.1) is 12.0 Å². The molecule has 0 atom stereocenters. The number of thiophene rings is 1. The number of sulfonamides is 1. The molecule has 0 fully saturated rings. The fraction of sp³-hybridized carbons (Fsp3) is 0.231. The Kier molecular flexibility index (Phi) is 4.24. The molecular weight excluding hydrogens is 282 g/mol. The SMILES string of the molecule is COc1ccc(S(=O)(=O)NCc2sccc2C)cc1. The first kappa shape index (κ1) is 14.0. The summed E-state index contributed by atoms with van der Waals surface area (Å²) in [7, 11) is -1.93.